The smallest absolute Gasteiger partial charge is 0.0305 e. The molecule has 6 heteroatoms. The fourth-order valence-electron chi connectivity index (χ4n) is 9.32. The average Bonchev–Trinajstić information content (AvgIpc) is 3.94. The number of halogens is 2. The van der Waals surface area contributed by atoms with Crippen molar-refractivity contribution >= 4 is 54.0 Å². The summed E-state index contributed by atoms with van der Waals surface area (Å²) in [6, 6.07) is 36.1. The van der Waals surface area contributed by atoms with Crippen molar-refractivity contribution in [3.05, 3.63) is 164 Å². The number of aryl methyl sites for hydroxylation is 8. The molecule has 0 aromatic heterocycles. The zero-order valence-electron chi connectivity index (χ0n) is 44.3. The summed E-state index contributed by atoms with van der Waals surface area (Å²) < 4.78 is 0. The third-order valence-corrected chi connectivity index (χ3v) is 11.5. The average molecular weight is 1110 g/mol. The molecular weight excluding hydrogens is 1030 g/mol. The van der Waals surface area contributed by atoms with Gasteiger partial charge in [0.1, 0.15) is 0 Å². The molecule has 352 valence electrons. The van der Waals surface area contributed by atoms with E-state index in [1.807, 2.05) is 0 Å². The molecule has 8 aromatic rings. The molecule has 0 spiro atoms. The Morgan fingerprint density at radius 2 is 0.485 bits per heavy atom. The quantitative estimate of drug-likeness (QED) is 0.122. The van der Waals surface area contributed by atoms with Gasteiger partial charge in [0.2, 0.25) is 0 Å². The van der Waals surface area contributed by atoms with Gasteiger partial charge in [0.25, 0.3) is 0 Å². The van der Waals surface area contributed by atoms with Crippen molar-refractivity contribution in [2.24, 2.45) is 0 Å². The predicted molar refractivity (Wildman–Crippen MR) is 287 cm³/mol. The molecule has 0 saturated heterocycles. The Balaban J connectivity index is 0.000000413. The molecule has 66 heavy (non-hydrogen) atoms. The van der Waals surface area contributed by atoms with Gasteiger partial charge in [0.05, 0.1) is 0 Å². The number of hydrogen-bond acceptors (Lipinski definition) is 0. The molecule has 8 rings (SSSR count). The van der Waals surface area contributed by atoms with Crippen LogP contribution in [0.2, 0.25) is 26.2 Å². The molecule has 0 fully saturated rings. The largest absolute Gasteiger partial charge is 1.00 e. The first-order valence-electron chi connectivity index (χ1n) is 23.5. The second-order valence-electron chi connectivity index (χ2n) is 19.9. The van der Waals surface area contributed by atoms with E-state index in [4.69, 9.17) is 0 Å². The third kappa shape index (κ3) is 17.8. The van der Waals surface area contributed by atoms with Gasteiger partial charge in [-0.15, -0.1) is 138 Å². The van der Waals surface area contributed by atoms with Gasteiger partial charge < -0.3 is 24.8 Å². The minimum Gasteiger partial charge on any atom is -1.00 e. The van der Waals surface area contributed by atoms with E-state index in [0.29, 0.717) is 23.7 Å². The summed E-state index contributed by atoms with van der Waals surface area (Å²) in [5.41, 5.74) is 17.6. The molecule has 0 aliphatic heterocycles. The summed E-state index contributed by atoms with van der Waals surface area (Å²) in [7, 11) is 0. The first-order valence-corrected chi connectivity index (χ1v) is 35.9. The molecule has 0 heterocycles. The van der Waals surface area contributed by atoms with Gasteiger partial charge in [-0.05, 0) is 51.4 Å². The van der Waals surface area contributed by atoms with E-state index < -0.39 is 0 Å². The number of fused-ring (bicyclic) bond motifs is 4. The van der Waals surface area contributed by atoms with Gasteiger partial charge >= 0.3 is 83.7 Å². The molecule has 0 radical (unpaired) electrons. The summed E-state index contributed by atoms with van der Waals surface area (Å²) >= 11 is 3.48. The van der Waals surface area contributed by atoms with Crippen LogP contribution >= 0.6 is 0 Å². The van der Waals surface area contributed by atoms with Gasteiger partial charge in [-0.1, -0.05) is 128 Å². The maximum atomic E-state index is 2.31. The van der Waals surface area contributed by atoms with Gasteiger partial charge in [-0.25, -0.2) is 0 Å². The van der Waals surface area contributed by atoms with E-state index in [1.54, 1.807) is 46.7 Å². The molecule has 0 aliphatic carbocycles. The first kappa shape index (κ1) is 62.1. The SMILES string of the molecule is C[Si](C)=[Zr+2].C[Si](C)=[Zr+2].Cc1cc2c(C(C)C)c(C)ccc2[cH-]1.Cc1cc2c(C(C)C)c(C)ccc2[cH-]1.Cc1cc2c(C(C)C)c(C)ccc2[cH-]1.Cc1cc2c(C(C)C)c(C)ccc2[cH-]1.[Cl-].[Cl-]. The molecule has 0 saturated carbocycles. The summed E-state index contributed by atoms with van der Waals surface area (Å²) in [6.45, 7) is 44.9. The summed E-state index contributed by atoms with van der Waals surface area (Å²) in [4.78, 5) is 0. The second kappa shape index (κ2) is 28.7. The van der Waals surface area contributed by atoms with Crippen LogP contribution in [-0.2, 0) is 46.7 Å². The van der Waals surface area contributed by atoms with Crippen molar-refractivity contribution in [3.8, 4) is 0 Å². The van der Waals surface area contributed by atoms with E-state index in [9.17, 15) is 0 Å². The van der Waals surface area contributed by atoms with Crippen LogP contribution in [0.1, 0.15) is 146 Å². The van der Waals surface area contributed by atoms with E-state index in [-0.39, 0.29) is 35.7 Å². The van der Waals surface area contributed by atoms with Crippen LogP contribution in [0.3, 0.4) is 0 Å². The summed E-state index contributed by atoms with van der Waals surface area (Å²) in [6.07, 6.45) is 0. The molecule has 0 bridgehead atoms. The van der Waals surface area contributed by atoms with Crippen LogP contribution in [0.4, 0.5) is 0 Å². The van der Waals surface area contributed by atoms with Crippen molar-refractivity contribution in [1.29, 1.82) is 0 Å². The van der Waals surface area contributed by atoms with Gasteiger partial charge in [0, 0.05) is 0 Å². The molecule has 0 amide bonds. The molecule has 8 aromatic carbocycles. The summed E-state index contributed by atoms with van der Waals surface area (Å²) in [5.74, 6) is 2.45. The van der Waals surface area contributed by atoms with Crippen LogP contribution < -0.4 is 24.8 Å². The van der Waals surface area contributed by atoms with E-state index >= 15 is 0 Å². The summed E-state index contributed by atoms with van der Waals surface area (Å²) in [5, 5.41) is 11.3. The Morgan fingerprint density at radius 3 is 0.621 bits per heavy atom. The Bertz CT molecular complexity index is 2420. The Hall–Kier alpha value is -1.90. The second-order valence-corrected chi connectivity index (χ2v) is 38.7. The van der Waals surface area contributed by atoms with Crippen LogP contribution in [0.15, 0.2) is 97.1 Å². The van der Waals surface area contributed by atoms with Crippen molar-refractivity contribution in [2.75, 3.05) is 0 Å². The van der Waals surface area contributed by atoms with E-state index in [0.717, 1.165) is 0 Å². The fraction of sp³-hybridized carbons (Fsp3) is 0.400. The van der Waals surface area contributed by atoms with Crippen molar-refractivity contribution < 1.29 is 71.5 Å². The van der Waals surface area contributed by atoms with Crippen molar-refractivity contribution in [3.63, 3.8) is 0 Å². The number of hydrogen-bond donors (Lipinski definition) is 0. The zero-order valence-corrected chi connectivity index (χ0v) is 52.7. The predicted octanol–water partition coefficient (Wildman–Crippen LogP) is 12.8. The monoisotopic (exact) mass is 1110 g/mol. The number of rotatable bonds is 4. The van der Waals surface area contributed by atoms with Crippen LogP contribution in [0.25, 0.3) is 43.1 Å². The Morgan fingerprint density at radius 1 is 0.333 bits per heavy atom. The topological polar surface area (TPSA) is 0 Å². The van der Waals surface area contributed by atoms with Crippen molar-refractivity contribution in [2.45, 2.75) is 161 Å². The Labute approximate surface area is 445 Å². The van der Waals surface area contributed by atoms with Crippen molar-refractivity contribution in [1.82, 2.24) is 0 Å². The molecule has 0 aliphatic rings. The molecule has 0 atom stereocenters. The first-order chi connectivity index (χ1) is 29.8. The van der Waals surface area contributed by atoms with E-state index in [2.05, 4.69) is 234 Å². The van der Waals surface area contributed by atoms with Gasteiger partial charge in [-0.3, -0.25) is 0 Å². The van der Waals surface area contributed by atoms with Gasteiger partial charge in [-0.2, -0.15) is 24.3 Å². The third-order valence-electron chi connectivity index (χ3n) is 11.5. The van der Waals surface area contributed by atoms with Gasteiger partial charge in [0.15, 0.2) is 0 Å². The number of benzene rings is 4. The molecule has 0 N–H and O–H groups in total. The standard InChI is InChI=1S/4C14H17.2C2H6Si.2ClH.2Zr/c4*1-9(2)14-11(4)5-6-12-7-10(3)8-13(12)14;2*1-3-2;;;;/h4*5-9H,1-4H3;2*1-2H3;2*1H;;/q4*-1;;;;;2*+2/p-2. The maximum Gasteiger partial charge on any atom is -0.0305 e. The minimum atomic E-state index is 0. The van der Waals surface area contributed by atoms with Crippen LogP contribution in [-0.4, -0.2) is 10.9 Å². The molecule has 0 unspecified atom stereocenters. The normalized spacial score (nSPS) is 10.6. The van der Waals surface area contributed by atoms with Crippen LogP contribution in [0.5, 0.6) is 0 Å². The minimum absolute atomic E-state index is 0. The Kier molecular flexibility index (Phi) is 27.0. The van der Waals surface area contributed by atoms with Crippen LogP contribution in [0, 0.1) is 55.4 Å². The zero-order chi connectivity index (χ0) is 48.3. The molecular formula is C60H80Cl2Si2Zr2-2. The molecule has 0 nitrogen and oxygen atoms in total. The maximum absolute atomic E-state index is 2.31. The fourth-order valence-corrected chi connectivity index (χ4v) is 9.32. The van der Waals surface area contributed by atoms with E-state index in [1.165, 1.54) is 110 Å².